The zero-order chi connectivity index (χ0) is 24.4. The molecule has 3 heterocycles. The fraction of sp³-hybridized carbons (Fsp3) is 0.370. The van der Waals surface area contributed by atoms with Crippen molar-refractivity contribution in [3.8, 4) is 0 Å². The average Bonchev–Trinajstić information content (AvgIpc) is 3.34. The smallest absolute Gasteiger partial charge is 0.263 e. The molecule has 0 bridgehead atoms. The number of nitrogens with one attached hydrogen (secondary N) is 1. The van der Waals surface area contributed by atoms with Crippen LogP contribution in [0.5, 0.6) is 0 Å². The molecule has 1 atom stereocenters. The van der Waals surface area contributed by atoms with E-state index in [0.717, 1.165) is 50.8 Å². The molecule has 1 aromatic carbocycles. The van der Waals surface area contributed by atoms with Gasteiger partial charge < -0.3 is 15.1 Å². The lowest BCUT2D eigenvalue weighted by Crippen LogP contribution is -2.45. The first-order valence-electron chi connectivity index (χ1n) is 12.1. The van der Waals surface area contributed by atoms with E-state index in [1.807, 2.05) is 54.0 Å². The molecule has 2 aromatic heterocycles. The van der Waals surface area contributed by atoms with Gasteiger partial charge in [0.25, 0.3) is 11.8 Å². The predicted molar refractivity (Wildman–Crippen MR) is 140 cm³/mol. The standard InChI is InChI=1S/C27H29ClN4O2S/c1-31(20-9-14-32(15-10-20)21-7-12-29-13-8-21)27(34)19-6-5-18-3-2-4-24(22(18)17-19)30-26(33)25-23(28)11-16-35-25/h5-8,11-13,16-17,20,24H,2-4,9-10,14-15H2,1H3,(H,30,33). The van der Waals surface area contributed by atoms with Crippen LogP contribution in [0.3, 0.4) is 0 Å². The Kier molecular flexibility index (Phi) is 7.07. The highest BCUT2D eigenvalue weighted by atomic mass is 35.5. The zero-order valence-electron chi connectivity index (χ0n) is 19.7. The van der Waals surface area contributed by atoms with Crippen molar-refractivity contribution in [2.45, 2.75) is 44.2 Å². The fourth-order valence-corrected chi connectivity index (χ4v) is 6.24. The van der Waals surface area contributed by atoms with Crippen LogP contribution in [0.4, 0.5) is 5.69 Å². The van der Waals surface area contributed by atoms with Gasteiger partial charge in [-0.05, 0) is 78.9 Å². The Morgan fingerprint density at radius 3 is 2.60 bits per heavy atom. The molecule has 1 aliphatic carbocycles. The van der Waals surface area contributed by atoms with E-state index in [0.29, 0.717) is 15.5 Å². The number of anilines is 1. The van der Waals surface area contributed by atoms with Gasteiger partial charge in [0.05, 0.1) is 11.1 Å². The molecule has 8 heteroatoms. The molecular formula is C27H29ClN4O2S. The van der Waals surface area contributed by atoms with Gasteiger partial charge in [0.2, 0.25) is 0 Å². The van der Waals surface area contributed by atoms with Crippen LogP contribution in [0, 0.1) is 0 Å². The quantitative estimate of drug-likeness (QED) is 0.505. The van der Waals surface area contributed by atoms with Gasteiger partial charge >= 0.3 is 0 Å². The third-order valence-electron chi connectivity index (χ3n) is 7.20. The predicted octanol–water partition coefficient (Wildman–Crippen LogP) is 5.34. The summed E-state index contributed by atoms with van der Waals surface area (Å²) in [6.07, 6.45) is 8.29. The second-order valence-electron chi connectivity index (χ2n) is 9.27. The Hall–Kier alpha value is -2.90. The topological polar surface area (TPSA) is 65.5 Å². The maximum absolute atomic E-state index is 13.4. The SMILES string of the molecule is CN(C(=O)c1ccc2c(c1)C(NC(=O)c1sccc1Cl)CCC2)C1CCN(c2ccncc2)CC1. The lowest BCUT2D eigenvalue weighted by Gasteiger charge is -2.38. The average molecular weight is 509 g/mol. The Labute approximate surface area is 214 Å². The number of fused-ring (bicyclic) bond motifs is 1. The lowest BCUT2D eigenvalue weighted by atomic mass is 9.86. The van der Waals surface area contributed by atoms with Crippen LogP contribution in [-0.4, -0.2) is 47.9 Å². The van der Waals surface area contributed by atoms with Crippen molar-refractivity contribution in [3.63, 3.8) is 0 Å². The van der Waals surface area contributed by atoms with Crippen molar-refractivity contribution in [3.05, 3.63) is 80.8 Å². The van der Waals surface area contributed by atoms with Crippen LogP contribution < -0.4 is 10.2 Å². The number of hydrogen-bond donors (Lipinski definition) is 1. The van der Waals surface area contributed by atoms with E-state index in [1.165, 1.54) is 22.6 Å². The highest BCUT2D eigenvalue weighted by molar-refractivity contribution is 7.12. The van der Waals surface area contributed by atoms with Gasteiger partial charge in [0, 0.05) is 49.8 Å². The Balaban J connectivity index is 1.27. The van der Waals surface area contributed by atoms with Crippen LogP contribution in [0.2, 0.25) is 5.02 Å². The van der Waals surface area contributed by atoms with E-state index in [-0.39, 0.29) is 23.9 Å². The van der Waals surface area contributed by atoms with E-state index < -0.39 is 0 Å². The molecule has 1 N–H and O–H groups in total. The molecule has 3 aromatic rings. The molecule has 0 spiro atoms. The van der Waals surface area contributed by atoms with Gasteiger partial charge in [-0.2, -0.15) is 0 Å². The summed E-state index contributed by atoms with van der Waals surface area (Å²) in [5, 5.41) is 5.45. The first-order valence-corrected chi connectivity index (χ1v) is 13.4. The summed E-state index contributed by atoms with van der Waals surface area (Å²) in [5.41, 5.74) is 4.10. The third-order valence-corrected chi connectivity index (χ3v) is 8.54. The van der Waals surface area contributed by atoms with E-state index in [2.05, 4.69) is 21.3 Å². The fourth-order valence-electron chi connectivity index (χ4n) is 5.20. The Morgan fingerprint density at radius 2 is 1.89 bits per heavy atom. The van der Waals surface area contributed by atoms with Crippen molar-refractivity contribution in [2.24, 2.45) is 0 Å². The minimum Gasteiger partial charge on any atom is -0.371 e. The van der Waals surface area contributed by atoms with Gasteiger partial charge in [0.1, 0.15) is 4.88 Å². The number of rotatable bonds is 5. The molecular weight excluding hydrogens is 480 g/mol. The van der Waals surface area contributed by atoms with E-state index in [1.54, 1.807) is 6.07 Å². The van der Waals surface area contributed by atoms with Crippen molar-refractivity contribution in [1.29, 1.82) is 0 Å². The summed E-state index contributed by atoms with van der Waals surface area (Å²) < 4.78 is 0. The number of aromatic nitrogens is 1. The summed E-state index contributed by atoms with van der Waals surface area (Å²) in [4.78, 5) is 35.1. The summed E-state index contributed by atoms with van der Waals surface area (Å²) in [6.45, 7) is 1.83. The monoisotopic (exact) mass is 508 g/mol. The molecule has 0 radical (unpaired) electrons. The lowest BCUT2D eigenvalue weighted by molar-refractivity contribution is 0.0709. The molecule has 182 valence electrons. The molecule has 2 aliphatic rings. The van der Waals surface area contributed by atoms with E-state index in [9.17, 15) is 9.59 Å². The summed E-state index contributed by atoms with van der Waals surface area (Å²) in [6, 6.07) is 11.9. The second kappa shape index (κ2) is 10.4. The number of benzene rings is 1. The molecule has 35 heavy (non-hydrogen) atoms. The molecule has 1 unspecified atom stereocenters. The number of aryl methyl sites for hydroxylation is 1. The third kappa shape index (κ3) is 5.07. The number of hydrogen-bond acceptors (Lipinski definition) is 5. The molecule has 5 rings (SSSR count). The number of halogens is 1. The van der Waals surface area contributed by atoms with Gasteiger partial charge in [-0.25, -0.2) is 0 Å². The van der Waals surface area contributed by atoms with Crippen LogP contribution in [0.15, 0.2) is 54.2 Å². The van der Waals surface area contributed by atoms with Crippen LogP contribution in [-0.2, 0) is 6.42 Å². The number of carbonyl (C=O) groups is 2. The Bertz CT molecular complexity index is 1210. The first kappa shape index (κ1) is 23.8. The molecule has 6 nitrogen and oxygen atoms in total. The van der Waals surface area contributed by atoms with Crippen molar-refractivity contribution in [2.75, 3.05) is 25.0 Å². The number of pyridine rings is 1. The minimum atomic E-state index is -0.155. The summed E-state index contributed by atoms with van der Waals surface area (Å²) in [7, 11) is 1.91. The van der Waals surface area contributed by atoms with Crippen LogP contribution in [0.25, 0.3) is 0 Å². The largest absolute Gasteiger partial charge is 0.371 e. The minimum absolute atomic E-state index is 0.0344. The van der Waals surface area contributed by atoms with Gasteiger partial charge in [-0.3, -0.25) is 14.6 Å². The molecule has 2 amide bonds. The molecule has 1 aliphatic heterocycles. The maximum atomic E-state index is 13.4. The van der Waals surface area contributed by atoms with Crippen molar-refractivity contribution < 1.29 is 9.59 Å². The number of nitrogens with zero attached hydrogens (tertiary/aromatic N) is 3. The number of thiophene rings is 1. The molecule has 1 saturated heterocycles. The molecule has 1 fully saturated rings. The molecule has 0 saturated carbocycles. The number of amides is 2. The first-order chi connectivity index (χ1) is 17.0. The zero-order valence-corrected chi connectivity index (χ0v) is 21.3. The van der Waals surface area contributed by atoms with Gasteiger partial charge in [0.15, 0.2) is 0 Å². The van der Waals surface area contributed by atoms with Gasteiger partial charge in [-0.15, -0.1) is 11.3 Å². The van der Waals surface area contributed by atoms with E-state index in [4.69, 9.17) is 11.6 Å². The van der Waals surface area contributed by atoms with Gasteiger partial charge in [-0.1, -0.05) is 17.7 Å². The summed E-state index contributed by atoms with van der Waals surface area (Å²) >= 11 is 7.51. The summed E-state index contributed by atoms with van der Waals surface area (Å²) in [5.74, 6) is -0.121. The second-order valence-corrected chi connectivity index (χ2v) is 10.6. The van der Waals surface area contributed by atoms with Crippen molar-refractivity contribution >= 4 is 40.4 Å². The van der Waals surface area contributed by atoms with Crippen LogP contribution in [0.1, 0.15) is 62.9 Å². The normalized spacial score (nSPS) is 18.1. The van der Waals surface area contributed by atoms with Crippen molar-refractivity contribution in [1.82, 2.24) is 15.2 Å². The van der Waals surface area contributed by atoms with Crippen LogP contribution >= 0.6 is 22.9 Å². The maximum Gasteiger partial charge on any atom is 0.263 e. The highest BCUT2D eigenvalue weighted by Crippen LogP contribution is 2.32. The highest BCUT2D eigenvalue weighted by Gasteiger charge is 2.28. The number of piperidine rings is 1. The Morgan fingerprint density at radius 1 is 1.11 bits per heavy atom. The number of carbonyl (C=O) groups excluding carboxylic acids is 2. The van der Waals surface area contributed by atoms with E-state index >= 15 is 0 Å².